The maximum atomic E-state index is 14.3. The summed E-state index contributed by atoms with van der Waals surface area (Å²) in [4.78, 5) is 2.09. The van der Waals surface area contributed by atoms with Gasteiger partial charge in [0.25, 0.3) is 0 Å². The van der Waals surface area contributed by atoms with Gasteiger partial charge in [-0.1, -0.05) is 38.1 Å². The highest BCUT2D eigenvalue weighted by molar-refractivity contribution is 5.97. The first-order chi connectivity index (χ1) is 9.18. The van der Waals surface area contributed by atoms with Gasteiger partial charge >= 0.3 is 0 Å². The first-order valence-corrected chi connectivity index (χ1v) is 6.64. The van der Waals surface area contributed by atoms with Crippen molar-refractivity contribution in [1.29, 1.82) is 0 Å². The molecule has 0 aromatic heterocycles. The van der Waals surface area contributed by atoms with E-state index in [2.05, 4.69) is 37.8 Å². The zero-order valence-electron chi connectivity index (χ0n) is 12.8. The maximum absolute atomic E-state index is 14.3. The van der Waals surface area contributed by atoms with Crippen molar-refractivity contribution < 1.29 is 9.60 Å². The Balaban J connectivity index is 3.00. The normalized spacial score (nSPS) is 14.7. The Morgan fingerprint density at radius 3 is 2.55 bits per heavy atom. The molecule has 3 N–H and O–H groups in total. The second-order valence-electron chi connectivity index (χ2n) is 6.22. The van der Waals surface area contributed by atoms with E-state index in [1.807, 2.05) is 7.05 Å². The van der Waals surface area contributed by atoms with Crippen molar-refractivity contribution in [3.05, 3.63) is 35.1 Å². The summed E-state index contributed by atoms with van der Waals surface area (Å²) in [5.74, 6) is -0.647. The fourth-order valence-corrected chi connectivity index (χ4v) is 2.02. The van der Waals surface area contributed by atoms with E-state index in [1.54, 1.807) is 12.1 Å². The molecule has 112 valence electrons. The highest BCUT2D eigenvalue weighted by Gasteiger charge is 2.24. The lowest BCUT2D eigenvalue weighted by atomic mass is 9.87. The third kappa shape index (κ3) is 3.70. The predicted octanol–water partition coefficient (Wildman–Crippen LogP) is 2.79. The Morgan fingerprint density at radius 2 is 2.05 bits per heavy atom. The lowest BCUT2D eigenvalue weighted by Crippen LogP contribution is -2.39. The molecule has 5 heteroatoms. The number of hydrogen-bond acceptors (Lipinski definition) is 3. The van der Waals surface area contributed by atoms with E-state index in [0.717, 1.165) is 0 Å². The SMILES string of the molecule is CC(N(C)Cc1cccc(/C(N)=N/O)c1F)C(C)(C)C. The Morgan fingerprint density at radius 1 is 1.45 bits per heavy atom. The average molecular weight is 281 g/mol. The molecule has 4 nitrogen and oxygen atoms in total. The Labute approximate surface area is 120 Å². The van der Waals surface area contributed by atoms with Crippen LogP contribution in [-0.4, -0.2) is 29.0 Å². The lowest BCUT2D eigenvalue weighted by molar-refractivity contribution is 0.133. The highest BCUT2D eigenvalue weighted by atomic mass is 19.1. The molecular formula is C15H24FN3O. The lowest BCUT2D eigenvalue weighted by Gasteiger charge is -2.35. The van der Waals surface area contributed by atoms with Gasteiger partial charge in [-0.05, 0) is 25.5 Å². The second-order valence-corrected chi connectivity index (χ2v) is 6.22. The third-order valence-corrected chi connectivity index (χ3v) is 3.80. The molecule has 1 unspecified atom stereocenters. The monoisotopic (exact) mass is 281 g/mol. The molecule has 0 heterocycles. The molecule has 1 atom stereocenters. The zero-order valence-corrected chi connectivity index (χ0v) is 12.8. The van der Waals surface area contributed by atoms with Crippen molar-refractivity contribution in [1.82, 2.24) is 4.90 Å². The van der Waals surface area contributed by atoms with Gasteiger partial charge < -0.3 is 10.9 Å². The molecule has 0 spiro atoms. The van der Waals surface area contributed by atoms with E-state index in [-0.39, 0.29) is 22.9 Å². The van der Waals surface area contributed by atoms with Crippen LogP contribution >= 0.6 is 0 Å². The van der Waals surface area contributed by atoms with E-state index in [4.69, 9.17) is 10.9 Å². The van der Waals surface area contributed by atoms with Crippen LogP contribution in [0.3, 0.4) is 0 Å². The van der Waals surface area contributed by atoms with Gasteiger partial charge in [0.2, 0.25) is 0 Å². The third-order valence-electron chi connectivity index (χ3n) is 3.80. The molecule has 1 aromatic rings. The molecule has 0 fully saturated rings. The number of nitrogens with zero attached hydrogens (tertiary/aromatic N) is 2. The van der Waals surface area contributed by atoms with Gasteiger partial charge in [0, 0.05) is 18.2 Å². The fraction of sp³-hybridized carbons (Fsp3) is 0.533. The summed E-state index contributed by atoms with van der Waals surface area (Å²) in [6.07, 6.45) is 0. The predicted molar refractivity (Wildman–Crippen MR) is 79.3 cm³/mol. The van der Waals surface area contributed by atoms with E-state index in [1.165, 1.54) is 6.07 Å². The minimum absolute atomic E-state index is 0.106. The van der Waals surface area contributed by atoms with Crippen LogP contribution in [0.5, 0.6) is 0 Å². The summed E-state index contributed by atoms with van der Waals surface area (Å²) in [7, 11) is 1.96. The van der Waals surface area contributed by atoms with Crippen LogP contribution in [0.1, 0.15) is 38.8 Å². The molecule has 0 aliphatic rings. The van der Waals surface area contributed by atoms with Gasteiger partial charge in [0.05, 0.1) is 5.56 Å². The topological polar surface area (TPSA) is 61.8 Å². The summed E-state index contributed by atoms with van der Waals surface area (Å²) in [6, 6.07) is 5.21. The molecule has 0 aliphatic carbocycles. The Kier molecular flexibility index (Phi) is 5.11. The van der Waals surface area contributed by atoms with Crippen LogP contribution in [0.4, 0.5) is 4.39 Å². The van der Waals surface area contributed by atoms with E-state index in [9.17, 15) is 4.39 Å². The number of hydrogen-bond donors (Lipinski definition) is 2. The molecule has 1 rings (SSSR count). The summed E-state index contributed by atoms with van der Waals surface area (Å²) in [6.45, 7) is 9.04. The van der Waals surface area contributed by atoms with Crippen molar-refractivity contribution in [3.63, 3.8) is 0 Å². The summed E-state index contributed by atoms with van der Waals surface area (Å²) >= 11 is 0. The standard InChI is InChI=1S/C15H24FN3O/c1-10(15(2,3)4)19(5)9-11-7-6-8-12(13(11)16)14(17)18-20/h6-8,10,20H,9H2,1-5H3,(H2,17,18). The van der Waals surface area contributed by atoms with Crippen molar-refractivity contribution in [2.24, 2.45) is 16.3 Å². The minimum Gasteiger partial charge on any atom is -0.409 e. The van der Waals surface area contributed by atoms with Gasteiger partial charge in [-0.3, -0.25) is 4.90 Å². The minimum atomic E-state index is -0.434. The highest BCUT2D eigenvalue weighted by Crippen LogP contribution is 2.25. The summed E-state index contributed by atoms with van der Waals surface area (Å²) in [5, 5.41) is 11.5. The van der Waals surface area contributed by atoms with Gasteiger partial charge in [0.15, 0.2) is 5.84 Å². The van der Waals surface area contributed by atoms with Crippen LogP contribution < -0.4 is 5.73 Å². The second kappa shape index (κ2) is 6.22. The number of halogens is 1. The smallest absolute Gasteiger partial charge is 0.173 e. The number of nitrogens with two attached hydrogens (primary N) is 1. The largest absolute Gasteiger partial charge is 0.409 e. The molecule has 0 aliphatic heterocycles. The number of oxime groups is 1. The molecule has 0 saturated heterocycles. The molecule has 0 saturated carbocycles. The van der Waals surface area contributed by atoms with Crippen molar-refractivity contribution in [2.45, 2.75) is 40.3 Å². The number of rotatable bonds is 4. The van der Waals surface area contributed by atoms with Crippen LogP contribution in [0.2, 0.25) is 0 Å². The van der Waals surface area contributed by atoms with Gasteiger partial charge in [-0.15, -0.1) is 0 Å². The first kappa shape index (κ1) is 16.4. The molecule has 20 heavy (non-hydrogen) atoms. The molecular weight excluding hydrogens is 257 g/mol. The number of benzene rings is 1. The first-order valence-electron chi connectivity index (χ1n) is 6.64. The Bertz CT molecular complexity index is 494. The molecule has 0 radical (unpaired) electrons. The molecule has 0 bridgehead atoms. The zero-order chi connectivity index (χ0) is 15.5. The number of amidine groups is 1. The summed E-state index contributed by atoms with van der Waals surface area (Å²) in [5.41, 5.74) is 6.24. The van der Waals surface area contributed by atoms with Gasteiger partial charge in [-0.25, -0.2) is 4.39 Å². The summed E-state index contributed by atoms with van der Waals surface area (Å²) < 4.78 is 14.3. The average Bonchev–Trinajstić information content (AvgIpc) is 2.38. The van der Waals surface area contributed by atoms with E-state index in [0.29, 0.717) is 12.1 Å². The molecule has 0 amide bonds. The quantitative estimate of drug-likeness (QED) is 0.386. The van der Waals surface area contributed by atoms with E-state index >= 15 is 0 Å². The van der Waals surface area contributed by atoms with Crippen molar-refractivity contribution in [3.8, 4) is 0 Å². The van der Waals surface area contributed by atoms with E-state index < -0.39 is 5.82 Å². The van der Waals surface area contributed by atoms with Crippen LogP contribution in [0, 0.1) is 11.2 Å². The van der Waals surface area contributed by atoms with Gasteiger partial charge in [-0.2, -0.15) is 0 Å². The van der Waals surface area contributed by atoms with Crippen LogP contribution in [0.25, 0.3) is 0 Å². The van der Waals surface area contributed by atoms with Crippen LogP contribution in [-0.2, 0) is 6.54 Å². The fourth-order valence-electron chi connectivity index (χ4n) is 2.02. The molecule has 1 aromatic carbocycles. The van der Waals surface area contributed by atoms with Crippen molar-refractivity contribution >= 4 is 5.84 Å². The maximum Gasteiger partial charge on any atom is 0.173 e. The van der Waals surface area contributed by atoms with Crippen molar-refractivity contribution in [2.75, 3.05) is 7.05 Å². The Hall–Kier alpha value is -1.62. The van der Waals surface area contributed by atoms with Gasteiger partial charge in [0.1, 0.15) is 5.82 Å². The van der Waals surface area contributed by atoms with Crippen LogP contribution in [0.15, 0.2) is 23.4 Å².